The van der Waals surface area contributed by atoms with E-state index in [2.05, 4.69) is 15.4 Å². The maximum atomic E-state index is 12.2. The molecule has 0 bridgehead atoms. The topological polar surface area (TPSA) is 130 Å². The summed E-state index contributed by atoms with van der Waals surface area (Å²) in [6.07, 6.45) is 0.663. The molecule has 0 fully saturated rings. The molecular weight excluding hydrogens is 356 g/mol. The van der Waals surface area contributed by atoms with Crippen molar-refractivity contribution in [1.29, 1.82) is 0 Å². The lowest BCUT2D eigenvalue weighted by atomic mass is 10.3. The summed E-state index contributed by atoms with van der Waals surface area (Å²) in [5.41, 5.74) is 5.44. The summed E-state index contributed by atoms with van der Waals surface area (Å²) >= 11 is 0. The Bertz CT molecular complexity index is 666. The number of anilines is 1. The standard InChI is InChI=1S/C14H22N4O4S.ClH/c1-3-10(2)18-23(21,22)12-6-4-5-11(7-12)17-14(20)9-16-13(19)8-15;/h4-7,10,18H,3,8-9,15H2,1-2H3,(H,16,19)(H,17,20);1H. The monoisotopic (exact) mass is 378 g/mol. The molecular formula is C14H23ClN4O4S. The Balaban J connectivity index is 0.00000529. The number of carbonyl (C=O) groups excluding carboxylic acids is 2. The molecule has 136 valence electrons. The number of halogens is 1. The number of amides is 2. The fourth-order valence-electron chi connectivity index (χ4n) is 1.61. The van der Waals surface area contributed by atoms with Gasteiger partial charge in [0.05, 0.1) is 18.0 Å². The molecule has 1 aromatic carbocycles. The Morgan fingerprint density at radius 2 is 1.92 bits per heavy atom. The third-order valence-corrected chi connectivity index (χ3v) is 4.62. The minimum absolute atomic E-state index is 0. The molecule has 0 heterocycles. The third kappa shape index (κ3) is 7.26. The summed E-state index contributed by atoms with van der Waals surface area (Å²) in [6.45, 7) is 3.20. The van der Waals surface area contributed by atoms with Gasteiger partial charge in [0.25, 0.3) is 0 Å². The first-order valence-corrected chi connectivity index (χ1v) is 8.65. The Kier molecular flexibility index (Phi) is 9.52. The van der Waals surface area contributed by atoms with Crippen LogP contribution in [0.15, 0.2) is 29.2 Å². The van der Waals surface area contributed by atoms with Gasteiger partial charge in [-0.2, -0.15) is 0 Å². The number of sulfonamides is 1. The van der Waals surface area contributed by atoms with Crippen LogP contribution in [0.4, 0.5) is 5.69 Å². The van der Waals surface area contributed by atoms with Gasteiger partial charge in [-0.15, -0.1) is 12.4 Å². The SMILES string of the molecule is CCC(C)NS(=O)(=O)c1cccc(NC(=O)CNC(=O)CN)c1.Cl. The number of nitrogens with one attached hydrogen (secondary N) is 3. The van der Waals surface area contributed by atoms with Crippen LogP contribution < -0.4 is 21.1 Å². The van der Waals surface area contributed by atoms with Crippen LogP contribution in [-0.4, -0.2) is 39.4 Å². The van der Waals surface area contributed by atoms with Crippen LogP contribution in [0, 0.1) is 0 Å². The van der Waals surface area contributed by atoms with E-state index in [1.54, 1.807) is 13.0 Å². The summed E-state index contributed by atoms with van der Waals surface area (Å²) < 4.78 is 26.9. The van der Waals surface area contributed by atoms with Gasteiger partial charge >= 0.3 is 0 Å². The van der Waals surface area contributed by atoms with Gasteiger partial charge < -0.3 is 16.4 Å². The number of rotatable bonds is 8. The van der Waals surface area contributed by atoms with E-state index in [-0.39, 0.29) is 36.4 Å². The molecule has 0 saturated heterocycles. The maximum Gasteiger partial charge on any atom is 0.243 e. The zero-order valence-electron chi connectivity index (χ0n) is 13.5. The van der Waals surface area contributed by atoms with Crippen molar-refractivity contribution < 1.29 is 18.0 Å². The van der Waals surface area contributed by atoms with Crippen molar-refractivity contribution in [2.24, 2.45) is 5.73 Å². The zero-order valence-corrected chi connectivity index (χ0v) is 15.2. The smallest absolute Gasteiger partial charge is 0.243 e. The van der Waals surface area contributed by atoms with Crippen molar-refractivity contribution in [2.45, 2.75) is 31.2 Å². The Morgan fingerprint density at radius 3 is 2.50 bits per heavy atom. The van der Waals surface area contributed by atoms with E-state index >= 15 is 0 Å². The first-order chi connectivity index (χ1) is 10.8. The second-order valence-electron chi connectivity index (χ2n) is 4.99. The number of hydrogen-bond acceptors (Lipinski definition) is 5. The summed E-state index contributed by atoms with van der Waals surface area (Å²) in [6, 6.07) is 5.69. The van der Waals surface area contributed by atoms with Crippen LogP contribution in [0.25, 0.3) is 0 Å². The second kappa shape index (κ2) is 10.2. The molecule has 0 aliphatic carbocycles. The number of nitrogens with two attached hydrogens (primary N) is 1. The van der Waals surface area contributed by atoms with Gasteiger partial charge in [0.15, 0.2) is 0 Å². The molecule has 1 atom stereocenters. The summed E-state index contributed by atoms with van der Waals surface area (Å²) in [5, 5.41) is 4.84. The predicted molar refractivity (Wildman–Crippen MR) is 94.5 cm³/mol. The van der Waals surface area contributed by atoms with Crippen molar-refractivity contribution in [3.8, 4) is 0 Å². The largest absolute Gasteiger partial charge is 0.346 e. The van der Waals surface area contributed by atoms with E-state index in [4.69, 9.17) is 5.73 Å². The molecule has 1 rings (SSSR count). The average molecular weight is 379 g/mol. The van der Waals surface area contributed by atoms with Crippen molar-refractivity contribution >= 4 is 39.9 Å². The van der Waals surface area contributed by atoms with Crippen LogP contribution in [-0.2, 0) is 19.6 Å². The highest BCUT2D eigenvalue weighted by Gasteiger charge is 2.17. The predicted octanol–water partition coefficient (Wildman–Crippen LogP) is 0.199. The van der Waals surface area contributed by atoms with E-state index < -0.39 is 21.8 Å². The number of benzene rings is 1. The molecule has 0 saturated carbocycles. The zero-order chi connectivity index (χ0) is 17.5. The molecule has 24 heavy (non-hydrogen) atoms. The van der Waals surface area contributed by atoms with Gasteiger partial charge in [0, 0.05) is 11.7 Å². The molecule has 2 amide bonds. The summed E-state index contributed by atoms with van der Waals surface area (Å²) in [4.78, 5) is 22.7. The fourth-order valence-corrected chi connectivity index (χ4v) is 2.99. The normalized spacial score (nSPS) is 12.0. The van der Waals surface area contributed by atoms with Crippen molar-refractivity contribution in [3.63, 3.8) is 0 Å². The van der Waals surface area contributed by atoms with Crippen LogP contribution in [0.1, 0.15) is 20.3 Å². The average Bonchev–Trinajstić information content (AvgIpc) is 2.52. The van der Waals surface area contributed by atoms with Crippen molar-refractivity contribution in [3.05, 3.63) is 24.3 Å². The van der Waals surface area contributed by atoms with E-state index in [0.29, 0.717) is 12.1 Å². The summed E-state index contributed by atoms with van der Waals surface area (Å²) in [7, 11) is -3.65. The molecule has 0 aliphatic rings. The second-order valence-corrected chi connectivity index (χ2v) is 6.70. The molecule has 8 nitrogen and oxygen atoms in total. The highest BCUT2D eigenvalue weighted by Crippen LogP contribution is 2.16. The van der Waals surface area contributed by atoms with Gasteiger partial charge in [-0.3, -0.25) is 9.59 Å². The van der Waals surface area contributed by atoms with Crippen molar-refractivity contribution in [2.75, 3.05) is 18.4 Å². The molecule has 1 aromatic rings. The number of carbonyl (C=O) groups is 2. The van der Waals surface area contributed by atoms with Crippen LogP contribution >= 0.6 is 12.4 Å². The highest BCUT2D eigenvalue weighted by atomic mass is 35.5. The minimum atomic E-state index is -3.65. The lowest BCUT2D eigenvalue weighted by Gasteiger charge is -2.13. The van der Waals surface area contributed by atoms with Crippen LogP contribution in [0.5, 0.6) is 0 Å². The lowest BCUT2D eigenvalue weighted by Crippen LogP contribution is -2.36. The molecule has 0 aliphatic heterocycles. The lowest BCUT2D eigenvalue weighted by molar-refractivity contribution is -0.123. The van der Waals surface area contributed by atoms with E-state index in [0.717, 1.165) is 0 Å². The first-order valence-electron chi connectivity index (χ1n) is 7.17. The maximum absolute atomic E-state index is 12.2. The van der Waals surface area contributed by atoms with Gasteiger partial charge in [0.2, 0.25) is 21.8 Å². The molecule has 5 N–H and O–H groups in total. The van der Waals surface area contributed by atoms with Gasteiger partial charge in [-0.05, 0) is 31.5 Å². The van der Waals surface area contributed by atoms with Crippen LogP contribution in [0.3, 0.4) is 0 Å². The van der Waals surface area contributed by atoms with Gasteiger partial charge in [-0.1, -0.05) is 13.0 Å². The van der Waals surface area contributed by atoms with Gasteiger partial charge in [0.1, 0.15) is 0 Å². The van der Waals surface area contributed by atoms with E-state index in [9.17, 15) is 18.0 Å². The third-order valence-electron chi connectivity index (χ3n) is 3.03. The Labute approximate surface area is 148 Å². The summed E-state index contributed by atoms with van der Waals surface area (Å²) in [5.74, 6) is -0.925. The quantitative estimate of drug-likeness (QED) is 0.513. The molecule has 0 spiro atoms. The fraction of sp³-hybridized carbons (Fsp3) is 0.429. The highest BCUT2D eigenvalue weighted by molar-refractivity contribution is 7.89. The molecule has 10 heteroatoms. The Morgan fingerprint density at radius 1 is 1.25 bits per heavy atom. The van der Waals surface area contributed by atoms with E-state index in [1.807, 2.05) is 6.92 Å². The van der Waals surface area contributed by atoms with Crippen molar-refractivity contribution in [1.82, 2.24) is 10.0 Å². The number of hydrogen-bond donors (Lipinski definition) is 4. The minimum Gasteiger partial charge on any atom is -0.346 e. The first kappa shape index (κ1) is 22.3. The molecule has 0 radical (unpaired) electrons. The van der Waals surface area contributed by atoms with Gasteiger partial charge in [-0.25, -0.2) is 13.1 Å². The Hall–Kier alpha value is -1.68. The molecule has 0 aromatic heterocycles. The molecule has 1 unspecified atom stereocenters. The van der Waals surface area contributed by atoms with E-state index in [1.165, 1.54) is 18.2 Å². The van der Waals surface area contributed by atoms with Crippen LogP contribution in [0.2, 0.25) is 0 Å².